The summed E-state index contributed by atoms with van der Waals surface area (Å²) in [6.45, 7) is 8.56. The standard InChI is InChI=1S/C16H22N4S/c1-13-8-9-19(16-18-17-14(2)21-16)10-11-20(13)12-15-6-4-3-5-7-15/h3-7,13H,8-12H2,1-2H3. The van der Waals surface area contributed by atoms with Gasteiger partial charge in [0.2, 0.25) is 5.13 Å². The lowest BCUT2D eigenvalue weighted by molar-refractivity contribution is 0.212. The molecule has 0 bridgehead atoms. The van der Waals surface area contributed by atoms with E-state index in [-0.39, 0.29) is 0 Å². The number of aromatic nitrogens is 2. The van der Waals surface area contributed by atoms with E-state index in [1.54, 1.807) is 11.3 Å². The Morgan fingerprint density at radius 1 is 1.14 bits per heavy atom. The first-order chi connectivity index (χ1) is 10.2. The first kappa shape index (κ1) is 14.5. The van der Waals surface area contributed by atoms with Crippen molar-refractivity contribution >= 4 is 16.5 Å². The highest BCUT2D eigenvalue weighted by Gasteiger charge is 2.22. The average Bonchev–Trinajstić information content (AvgIpc) is 2.84. The zero-order valence-electron chi connectivity index (χ0n) is 12.7. The molecule has 0 N–H and O–H groups in total. The fourth-order valence-corrected chi connectivity index (χ4v) is 3.50. The van der Waals surface area contributed by atoms with Crippen molar-refractivity contribution in [3.8, 4) is 0 Å². The lowest BCUT2D eigenvalue weighted by Gasteiger charge is -2.26. The van der Waals surface area contributed by atoms with Gasteiger partial charge in [-0.3, -0.25) is 4.90 Å². The third-order valence-corrected chi connectivity index (χ3v) is 5.01. The molecule has 5 heteroatoms. The highest BCUT2D eigenvalue weighted by atomic mass is 32.1. The van der Waals surface area contributed by atoms with E-state index in [1.165, 1.54) is 12.0 Å². The molecule has 0 saturated carbocycles. The van der Waals surface area contributed by atoms with Crippen molar-refractivity contribution in [3.05, 3.63) is 40.9 Å². The maximum atomic E-state index is 4.29. The molecule has 0 radical (unpaired) electrons. The van der Waals surface area contributed by atoms with E-state index in [4.69, 9.17) is 0 Å². The van der Waals surface area contributed by atoms with Gasteiger partial charge < -0.3 is 4.90 Å². The molecule has 21 heavy (non-hydrogen) atoms. The number of benzene rings is 1. The molecule has 1 atom stereocenters. The molecule has 4 nitrogen and oxygen atoms in total. The summed E-state index contributed by atoms with van der Waals surface area (Å²) in [5.41, 5.74) is 1.39. The van der Waals surface area contributed by atoms with Crippen LogP contribution in [0.25, 0.3) is 0 Å². The molecule has 1 unspecified atom stereocenters. The van der Waals surface area contributed by atoms with Gasteiger partial charge in [0.25, 0.3) is 0 Å². The summed E-state index contributed by atoms with van der Waals surface area (Å²) >= 11 is 1.70. The first-order valence-electron chi connectivity index (χ1n) is 7.55. The second-order valence-corrected chi connectivity index (χ2v) is 6.84. The van der Waals surface area contributed by atoms with Crippen molar-refractivity contribution in [1.29, 1.82) is 0 Å². The minimum Gasteiger partial charge on any atom is -0.345 e. The van der Waals surface area contributed by atoms with E-state index < -0.39 is 0 Å². The Bertz CT molecular complexity index is 569. The number of rotatable bonds is 3. The second-order valence-electron chi connectivity index (χ2n) is 5.68. The van der Waals surface area contributed by atoms with Crippen molar-refractivity contribution in [1.82, 2.24) is 15.1 Å². The Morgan fingerprint density at radius 3 is 2.67 bits per heavy atom. The Kier molecular flexibility index (Phi) is 4.51. The highest BCUT2D eigenvalue weighted by Crippen LogP contribution is 2.23. The van der Waals surface area contributed by atoms with Crippen LogP contribution in [0.15, 0.2) is 30.3 Å². The van der Waals surface area contributed by atoms with Gasteiger partial charge in [0.15, 0.2) is 0 Å². The van der Waals surface area contributed by atoms with Crippen LogP contribution < -0.4 is 4.90 Å². The van der Waals surface area contributed by atoms with Gasteiger partial charge in [-0.25, -0.2) is 0 Å². The molecule has 3 rings (SSSR count). The Hall–Kier alpha value is -1.46. The van der Waals surface area contributed by atoms with Gasteiger partial charge in [-0.1, -0.05) is 41.7 Å². The molecule has 1 saturated heterocycles. The minimum absolute atomic E-state index is 0.601. The van der Waals surface area contributed by atoms with E-state index in [0.717, 1.165) is 36.3 Å². The number of aryl methyl sites for hydroxylation is 1. The van der Waals surface area contributed by atoms with Crippen LogP contribution in [0, 0.1) is 6.92 Å². The summed E-state index contributed by atoms with van der Waals surface area (Å²) in [5, 5.41) is 10.5. The molecule has 0 spiro atoms. The largest absolute Gasteiger partial charge is 0.345 e. The van der Waals surface area contributed by atoms with E-state index >= 15 is 0 Å². The van der Waals surface area contributed by atoms with Gasteiger partial charge in [0, 0.05) is 32.2 Å². The SMILES string of the molecule is Cc1nnc(N2CCC(C)N(Cc3ccccc3)CC2)s1. The lowest BCUT2D eigenvalue weighted by Crippen LogP contribution is -2.34. The van der Waals surface area contributed by atoms with Crippen LogP contribution in [0.1, 0.15) is 23.9 Å². The van der Waals surface area contributed by atoms with Crippen molar-refractivity contribution in [2.45, 2.75) is 32.9 Å². The van der Waals surface area contributed by atoms with Gasteiger partial charge in [0.1, 0.15) is 5.01 Å². The minimum atomic E-state index is 0.601. The summed E-state index contributed by atoms with van der Waals surface area (Å²) in [5.74, 6) is 0. The van der Waals surface area contributed by atoms with Crippen molar-refractivity contribution in [2.75, 3.05) is 24.5 Å². The smallest absolute Gasteiger partial charge is 0.208 e. The summed E-state index contributed by atoms with van der Waals surface area (Å²) in [6, 6.07) is 11.3. The van der Waals surface area contributed by atoms with Gasteiger partial charge in [-0.15, -0.1) is 10.2 Å². The van der Waals surface area contributed by atoms with Gasteiger partial charge in [-0.05, 0) is 25.8 Å². The first-order valence-corrected chi connectivity index (χ1v) is 8.37. The molecule has 1 aliphatic heterocycles. The van der Waals surface area contributed by atoms with Crippen molar-refractivity contribution < 1.29 is 0 Å². The van der Waals surface area contributed by atoms with E-state index in [9.17, 15) is 0 Å². The van der Waals surface area contributed by atoms with Crippen LogP contribution in [0.5, 0.6) is 0 Å². The number of anilines is 1. The fourth-order valence-electron chi connectivity index (χ4n) is 2.76. The second kappa shape index (κ2) is 6.54. The molecular weight excluding hydrogens is 280 g/mol. The molecule has 0 aliphatic carbocycles. The number of nitrogens with zero attached hydrogens (tertiary/aromatic N) is 4. The molecule has 2 aromatic rings. The van der Waals surface area contributed by atoms with E-state index in [2.05, 4.69) is 57.3 Å². The third kappa shape index (κ3) is 3.60. The van der Waals surface area contributed by atoms with Crippen molar-refractivity contribution in [3.63, 3.8) is 0 Å². The molecule has 112 valence electrons. The van der Waals surface area contributed by atoms with Crippen LogP contribution >= 0.6 is 11.3 Å². The molecule has 1 aliphatic rings. The highest BCUT2D eigenvalue weighted by molar-refractivity contribution is 7.15. The van der Waals surface area contributed by atoms with Crippen LogP contribution in [0.4, 0.5) is 5.13 Å². The fraction of sp³-hybridized carbons (Fsp3) is 0.500. The van der Waals surface area contributed by atoms with Crippen LogP contribution in [0.3, 0.4) is 0 Å². The average molecular weight is 302 g/mol. The van der Waals surface area contributed by atoms with Crippen molar-refractivity contribution in [2.24, 2.45) is 0 Å². The zero-order valence-corrected chi connectivity index (χ0v) is 13.5. The maximum absolute atomic E-state index is 4.29. The zero-order chi connectivity index (χ0) is 14.7. The molecule has 2 heterocycles. The lowest BCUT2D eigenvalue weighted by atomic mass is 10.1. The maximum Gasteiger partial charge on any atom is 0.208 e. The van der Waals surface area contributed by atoms with E-state index in [0.29, 0.717) is 6.04 Å². The Morgan fingerprint density at radius 2 is 1.95 bits per heavy atom. The van der Waals surface area contributed by atoms with Gasteiger partial charge in [-0.2, -0.15) is 0 Å². The molecule has 1 aromatic carbocycles. The molecule has 1 fully saturated rings. The topological polar surface area (TPSA) is 32.3 Å². The van der Waals surface area contributed by atoms with Crippen LogP contribution in [-0.4, -0.2) is 40.8 Å². The predicted octanol–water partition coefficient (Wildman–Crippen LogP) is 2.95. The van der Waals surface area contributed by atoms with Gasteiger partial charge in [0.05, 0.1) is 0 Å². The van der Waals surface area contributed by atoms with E-state index in [1.807, 2.05) is 6.92 Å². The Balaban J connectivity index is 1.66. The quantitative estimate of drug-likeness (QED) is 0.872. The summed E-state index contributed by atoms with van der Waals surface area (Å²) in [6.07, 6.45) is 1.17. The normalized spacial score (nSPS) is 20.5. The molecular formula is C16H22N4S. The summed E-state index contributed by atoms with van der Waals surface area (Å²) < 4.78 is 0. The monoisotopic (exact) mass is 302 g/mol. The number of hydrogen-bond acceptors (Lipinski definition) is 5. The Labute approximate surface area is 130 Å². The summed E-state index contributed by atoms with van der Waals surface area (Å²) in [7, 11) is 0. The van der Waals surface area contributed by atoms with Crippen LogP contribution in [-0.2, 0) is 6.54 Å². The molecule has 0 amide bonds. The van der Waals surface area contributed by atoms with Gasteiger partial charge >= 0.3 is 0 Å². The predicted molar refractivity (Wildman–Crippen MR) is 87.8 cm³/mol. The summed E-state index contributed by atoms with van der Waals surface area (Å²) in [4.78, 5) is 4.95. The molecule has 1 aromatic heterocycles. The van der Waals surface area contributed by atoms with Crippen LogP contribution in [0.2, 0.25) is 0 Å². The third-order valence-electron chi connectivity index (χ3n) is 4.11. The number of hydrogen-bond donors (Lipinski definition) is 0.